The highest BCUT2D eigenvalue weighted by atomic mass is 32.1. The highest BCUT2D eigenvalue weighted by Crippen LogP contribution is 2.40. The van der Waals surface area contributed by atoms with Crippen molar-refractivity contribution in [2.24, 2.45) is 0 Å². The number of anilines is 1. The van der Waals surface area contributed by atoms with E-state index < -0.39 is 0 Å². The third-order valence-corrected chi connectivity index (χ3v) is 5.98. The molecular formula is C22H22N6OS. The van der Waals surface area contributed by atoms with E-state index in [0.717, 1.165) is 51.8 Å². The molecule has 7 nitrogen and oxygen atoms in total. The predicted octanol–water partition coefficient (Wildman–Crippen LogP) is 3.90. The number of thiophene rings is 1. The number of aromatic nitrogens is 4. The van der Waals surface area contributed by atoms with E-state index in [9.17, 15) is 4.79 Å². The maximum Gasteiger partial charge on any atom is 0.261 e. The van der Waals surface area contributed by atoms with Crippen LogP contribution in [0.2, 0.25) is 0 Å². The van der Waals surface area contributed by atoms with Crippen molar-refractivity contribution < 1.29 is 4.79 Å². The summed E-state index contributed by atoms with van der Waals surface area (Å²) in [6.07, 6.45) is 2.25. The Morgan fingerprint density at radius 2 is 1.97 bits per heavy atom. The number of benzene rings is 1. The standard InChI is InChI=1S/C22H22N6OS/c1-14-18-20(23-11-12-24-22(29)17-8-5-13-30-17)25-19(15-9-10-15)26-21(18)28(27-14)16-6-3-2-4-7-16/h2-8,13,15H,9-12H2,1H3,(H,24,29)(H,23,25,26). The normalized spacial score (nSPS) is 13.5. The van der Waals surface area contributed by atoms with Crippen molar-refractivity contribution in [3.63, 3.8) is 0 Å². The van der Waals surface area contributed by atoms with E-state index in [1.807, 2.05) is 59.5 Å². The molecule has 5 rings (SSSR count). The molecule has 152 valence electrons. The fourth-order valence-electron chi connectivity index (χ4n) is 3.45. The van der Waals surface area contributed by atoms with Crippen molar-refractivity contribution in [2.45, 2.75) is 25.7 Å². The largest absolute Gasteiger partial charge is 0.368 e. The SMILES string of the molecule is Cc1nn(-c2ccccc2)c2nc(C3CC3)nc(NCCNC(=O)c3cccs3)c12. The van der Waals surface area contributed by atoms with Crippen molar-refractivity contribution in [2.75, 3.05) is 18.4 Å². The Labute approximate surface area is 178 Å². The molecule has 1 aromatic carbocycles. The van der Waals surface area contributed by atoms with Gasteiger partial charge in [0.05, 0.1) is 21.6 Å². The number of para-hydroxylation sites is 1. The number of fused-ring (bicyclic) bond motifs is 1. The second kappa shape index (κ2) is 7.87. The van der Waals surface area contributed by atoms with Gasteiger partial charge in [-0.05, 0) is 43.3 Å². The number of hydrogen-bond acceptors (Lipinski definition) is 6. The number of carbonyl (C=O) groups excluding carboxylic acids is 1. The molecule has 8 heteroatoms. The lowest BCUT2D eigenvalue weighted by atomic mass is 10.2. The molecule has 0 radical (unpaired) electrons. The molecule has 0 spiro atoms. The van der Waals surface area contributed by atoms with Crippen molar-refractivity contribution in [3.8, 4) is 5.69 Å². The zero-order valence-electron chi connectivity index (χ0n) is 16.6. The maximum atomic E-state index is 12.1. The van der Waals surface area contributed by atoms with E-state index in [-0.39, 0.29) is 5.91 Å². The molecule has 3 heterocycles. The summed E-state index contributed by atoms with van der Waals surface area (Å²) in [4.78, 5) is 22.5. The molecule has 3 aromatic heterocycles. The molecule has 1 fully saturated rings. The number of amides is 1. The Balaban J connectivity index is 1.41. The minimum absolute atomic E-state index is 0.0496. The van der Waals surface area contributed by atoms with Gasteiger partial charge in [-0.3, -0.25) is 4.79 Å². The van der Waals surface area contributed by atoms with E-state index >= 15 is 0 Å². The molecule has 1 aliphatic carbocycles. The van der Waals surface area contributed by atoms with Gasteiger partial charge in [-0.25, -0.2) is 14.6 Å². The lowest BCUT2D eigenvalue weighted by molar-refractivity contribution is 0.0959. The Morgan fingerprint density at radius 1 is 1.13 bits per heavy atom. The quantitative estimate of drug-likeness (QED) is 0.445. The number of hydrogen-bond donors (Lipinski definition) is 2. The van der Waals surface area contributed by atoms with Crippen LogP contribution in [0, 0.1) is 6.92 Å². The van der Waals surface area contributed by atoms with Crippen LogP contribution in [0.3, 0.4) is 0 Å². The van der Waals surface area contributed by atoms with Crippen LogP contribution in [0.15, 0.2) is 47.8 Å². The molecule has 30 heavy (non-hydrogen) atoms. The topological polar surface area (TPSA) is 84.7 Å². The monoisotopic (exact) mass is 418 g/mol. The third-order valence-electron chi connectivity index (χ3n) is 5.11. The van der Waals surface area contributed by atoms with Crippen molar-refractivity contribution >= 4 is 34.1 Å². The lowest BCUT2D eigenvalue weighted by Crippen LogP contribution is -2.28. The second-order valence-electron chi connectivity index (χ2n) is 7.40. The molecule has 0 bridgehead atoms. The summed E-state index contributed by atoms with van der Waals surface area (Å²) in [5.41, 5.74) is 2.67. The first-order chi connectivity index (χ1) is 14.7. The molecule has 0 atom stereocenters. The van der Waals surface area contributed by atoms with Gasteiger partial charge in [-0.2, -0.15) is 5.10 Å². The number of nitrogens with zero attached hydrogens (tertiary/aromatic N) is 4. The van der Waals surface area contributed by atoms with Gasteiger partial charge in [0.25, 0.3) is 5.91 Å². The average molecular weight is 419 g/mol. The highest BCUT2D eigenvalue weighted by Gasteiger charge is 2.29. The summed E-state index contributed by atoms with van der Waals surface area (Å²) in [5.74, 6) is 2.02. The molecule has 4 aromatic rings. The van der Waals surface area contributed by atoms with Crippen molar-refractivity contribution in [1.82, 2.24) is 25.1 Å². The summed E-state index contributed by atoms with van der Waals surface area (Å²) in [6.45, 7) is 3.06. The van der Waals surface area contributed by atoms with Crippen LogP contribution in [-0.4, -0.2) is 38.7 Å². The van der Waals surface area contributed by atoms with Gasteiger partial charge in [-0.1, -0.05) is 24.3 Å². The van der Waals surface area contributed by atoms with Crippen LogP contribution in [0.1, 0.15) is 39.9 Å². The molecule has 1 saturated carbocycles. The second-order valence-corrected chi connectivity index (χ2v) is 8.34. The summed E-state index contributed by atoms with van der Waals surface area (Å²) in [7, 11) is 0. The van der Waals surface area contributed by atoms with Crippen LogP contribution in [0.25, 0.3) is 16.7 Å². The van der Waals surface area contributed by atoms with Gasteiger partial charge < -0.3 is 10.6 Å². The number of rotatable bonds is 7. The van der Waals surface area contributed by atoms with Gasteiger partial charge in [-0.15, -0.1) is 11.3 Å². The van der Waals surface area contributed by atoms with Gasteiger partial charge in [0.15, 0.2) is 5.65 Å². The van der Waals surface area contributed by atoms with E-state index in [1.165, 1.54) is 11.3 Å². The van der Waals surface area contributed by atoms with Crippen LogP contribution in [-0.2, 0) is 0 Å². The zero-order valence-corrected chi connectivity index (χ0v) is 17.4. The first-order valence-corrected chi connectivity index (χ1v) is 11.0. The van der Waals surface area contributed by atoms with Crippen LogP contribution >= 0.6 is 11.3 Å². The van der Waals surface area contributed by atoms with Gasteiger partial charge in [0.1, 0.15) is 11.6 Å². The fourth-order valence-corrected chi connectivity index (χ4v) is 4.09. The van der Waals surface area contributed by atoms with E-state index in [4.69, 9.17) is 15.1 Å². The molecule has 2 N–H and O–H groups in total. The Kier molecular flexibility index (Phi) is 4.92. The van der Waals surface area contributed by atoms with Crippen LogP contribution in [0.5, 0.6) is 0 Å². The average Bonchev–Trinajstić information content (AvgIpc) is 3.36. The molecule has 1 amide bonds. The fraction of sp³-hybridized carbons (Fsp3) is 0.273. The van der Waals surface area contributed by atoms with Gasteiger partial charge in [0.2, 0.25) is 0 Å². The summed E-state index contributed by atoms with van der Waals surface area (Å²) >= 11 is 1.44. The summed E-state index contributed by atoms with van der Waals surface area (Å²) in [5, 5.41) is 13.9. The van der Waals surface area contributed by atoms with Crippen LogP contribution in [0.4, 0.5) is 5.82 Å². The molecule has 1 aliphatic rings. The summed E-state index contributed by atoms with van der Waals surface area (Å²) < 4.78 is 1.89. The minimum atomic E-state index is -0.0496. The number of nitrogens with one attached hydrogen (secondary N) is 2. The first kappa shape index (κ1) is 18.7. The predicted molar refractivity (Wildman–Crippen MR) is 119 cm³/mol. The summed E-state index contributed by atoms with van der Waals surface area (Å²) in [6, 6.07) is 13.7. The Morgan fingerprint density at radius 3 is 2.70 bits per heavy atom. The molecule has 0 unspecified atom stereocenters. The smallest absolute Gasteiger partial charge is 0.261 e. The van der Waals surface area contributed by atoms with Crippen molar-refractivity contribution in [1.29, 1.82) is 0 Å². The van der Waals surface area contributed by atoms with Crippen LogP contribution < -0.4 is 10.6 Å². The van der Waals surface area contributed by atoms with E-state index in [0.29, 0.717) is 19.0 Å². The first-order valence-electron chi connectivity index (χ1n) is 10.1. The molecular weight excluding hydrogens is 396 g/mol. The molecule has 0 saturated heterocycles. The Bertz CT molecular complexity index is 1180. The number of aryl methyl sites for hydroxylation is 1. The van der Waals surface area contributed by atoms with Gasteiger partial charge >= 0.3 is 0 Å². The Hall–Kier alpha value is -3.26. The minimum Gasteiger partial charge on any atom is -0.368 e. The van der Waals surface area contributed by atoms with E-state index in [1.54, 1.807) is 0 Å². The number of carbonyl (C=O) groups is 1. The van der Waals surface area contributed by atoms with Crippen molar-refractivity contribution in [3.05, 3.63) is 64.2 Å². The lowest BCUT2D eigenvalue weighted by Gasteiger charge is -2.10. The highest BCUT2D eigenvalue weighted by molar-refractivity contribution is 7.12. The van der Waals surface area contributed by atoms with Gasteiger partial charge in [0, 0.05) is 19.0 Å². The molecule has 0 aliphatic heterocycles. The van der Waals surface area contributed by atoms with E-state index in [2.05, 4.69) is 10.6 Å². The maximum absolute atomic E-state index is 12.1. The third kappa shape index (κ3) is 3.66. The zero-order chi connectivity index (χ0) is 20.5.